The lowest BCUT2D eigenvalue weighted by Crippen LogP contribution is -2.07. The van der Waals surface area contributed by atoms with Crippen LogP contribution in [0.3, 0.4) is 0 Å². The molecule has 1 aromatic rings. The van der Waals surface area contributed by atoms with Crippen molar-refractivity contribution in [1.29, 1.82) is 0 Å². The van der Waals surface area contributed by atoms with Gasteiger partial charge in [-0.25, -0.2) is 9.59 Å². The summed E-state index contributed by atoms with van der Waals surface area (Å²) in [5, 5.41) is 17.3. The van der Waals surface area contributed by atoms with Crippen LogP contribution >= 0.6 is 11.8 Å². The number of benzene rings is 1. The minimum Gasteiger partial charge on any atom is -0.449 e. The number of allylic oxidation sites excluding steroid dienone is 1. The van der Waals surface area contributed by atoms with Gasteiger partial charge in [0, 0.05) is 0 Å². The zero-order chi connectivity index (χ0) is 13.1. The third kappa shape index (κ3) is 2.75. The lowest BCUT2D eigenvalue weighted by atomic mass is 10.1. The van der Waals surface area contributed by atoms with Gasteiger partial charge in [-0.05, 0) is 35.9 Å². The highest BCUT2D eigenvalue weighted by molar-refractivity contribution is 8.03. The molecule has 18 heavy (non-hydrogen) atoms. The van der Waals surface area contributed by atoms with E-state index in [1.165, 1.54) is 6.07 Å². The molecular formula is C11H8O6S. The van der Waals surface area contributed by atoms with E-state index in [0.717, 1.165) is 17.3 Å². The topological polar surface area (TPSA) is 93.1 Å². The largest absolute Gasteiger partial charge is 0.511 e. The zero-order valence-electron chi connectivity index (χ0n) is 8.95. The number of rotatable bonds is 2. The van der Waals surface area contributed by atoms with Crippen molar-refractivity contribution in [2.75, 3.05) is 0 Å². The molecular weight excluding hydrogens is 260 g/mol. The fourth-order valence-corrected chi connectivity index (χ4v) is 2.47. The predicted octanol–water partition coefficient (Wildman–Crippen LogP) is 2.93. The molecule has 6 nitrogen and oxygen atoms in total. The SMILES string of the molecule is O=C(O)OC1=CCc2cccc(OC(=O)O)c2S1. The van der Waals surface area contributed by atoms with E-state index in [9.17, 15) is 9.59 Å². The van der Waals surface area contributed by atoms with Gasteiger partial charge in [0.1, 0.15) is 5.75 Å². The van der Waals surface area contributed by atoms with E-state index in [-0.39, 0.29) is 10.8 Å². The molecule has 0 amide bonds. The summed E-state index contributed by atoms with van der Waals surface area (Å²) in [6, 6.07) is 4.99. The minimum absolute atomic E-state index is 0.171. The molecule has 0 bridgehead atoms. The van der Waals surface area contributed by atoms with E-state index in [4.69, 9.17) is 10.2 Å². The standard InChI is InChI=1S/C11H8O6S/c12-10(13)16-7-3-1-2-6-4-5-8(17-11(14)15)18-9(6)7/h1-3,5H,4H2,(H,12,13)(H,14,15). The summed E-state index contributed by atoms with van der Waals surface area (Å²) >= 11 is 1.02. The Balaban J connectivity index is 2.26. The van der Waals surface area contributed by atoms with Gasteiger partial charge in [-0.2, -0.15) is 0 Å². The Bertz CT molecular complexity index is 536. The van der Waals surface area contributed by atoms with Crippen LogP contribution in [-0.4, -0.2) is 22.5 Å². The quantitative estimate of drug-likeness (QED) is 0.629. The molecule has 1 heterocycles. The first-order valence-corrected chi connectivity index (χ1v) is 5.69. The molecule has 0 spiro atoms. The second-order valence-electron chi connectivity index (χ2n) is 3.31. The lowest BCUT2D eigenvalue weighted by Gasteiger charge is -2.17. The van der Waals surface area contributed by atoms with Crippen LogP contribution in [-0.2, 0) is 11.2 Å². The fraction of sp³-hybridized carbons (Fsp3) is 0.0909. The molecule has 2 N–H and O–H groups in total. The summed E-state index contributed by atoms with van der Waals surface area (Å²) in [4.78, 5) is 21.5. The number of fused-ring (bicyclic) bond motifs is 1. The van der Waals surface area contributed by atoms with Crippen LogP contribution in [0.25, 0.3) is 0 Å². The number of ether oxygens (including phenoxy) is 2. The van der Waals surface area contributed by atoms with Crippen LogP contribution in [0.4, 0.5) is 9.59 Å². The van der Waals surface area contributed by atoms with Crippen molar-refractivity contribution in [3.05, 3.63) is 34.9 Å². The summed E-state index contributed by atoms with van der Waals surface area (Å²) in [5.41, 5.74) is 0.858. The van der Waals surface area contributed by atoms with Gasteiger partial charge in [-0.15, -0.1) is 0 Å². The van der Waals surface area contributed by atoms with Crippen molar-refractivity contribution < 1.29 is 29.3 Å². The normalized spacial score (nSPS) is 13.2. The molecule has 0 fully saturated rings. The monoisotopic (exact) mass is 268 g/mol. The molecule has 0 aliphatic carbocycles. The van der Waals surface area contributed by atoms with Crippen molar-refractivity contribution in [1.82, 2.24) is 0 Å². The number of hydrogen-bond acceptors (Lipinski definition) is 5. The van der Waals surface area contributed by atoms with Gasteiger partial charge in [-0.1, -0.05) is 12.1 Å². The highest BCUT2D eigenvalue weighted by Gasteiger charge is 2.20. The van der Waals surface area contributed by atoms with E-state index >= 15 is 0 Å². The van der Waals surface area contributed by atoms with Gasteiger partial charge in [0.15, 0.2) is 5.09 Å². The van der Waals surface area contributed by atoms with E-state index in [0.29, 0.717) is 11.3 Å². The third-order valence-electron chi connectivity index (χ3n) is 2.14. The molecule has 0 saturated carbocycles. The number of carboxylic acid groups (broad SMARTS) is 2. The van der Waals surface area contributed by atoms with Crippen molar-refractivity contribution in [2.45, 2.75) is 11.3 Å². The molecule has 1 aliphatic rings. The molecule has 0 saturated heterocycles. The average molecular weight is 268 g/mol. The molecule has 0 aromatic heterocycles. The zero-order valence-corrected chi connectivity index (χ0v) is 9.77. The Morgan fingerprint density at radius 3 is 2.56 bits per heavy atom. The maximum atomic E-state index is 10.5. The Morgan fingerprint density at radius 2 is 1.89 bits per heavy atom. The first-order valence-electron chi connectivity index (χ1n) is 4.87. The van der Waals surface area contributed by atoms with Gasteiger partial charge in [0.2, 0.25) is 0 Å². The molecule has 7 heteroatoms. The van der Waals surface area contributed by atoms with E-state index in [1.807, 2.05) is 6.07 Å². The molecule has 94 valence electrons. The van der Waals surface area contributed by atoms with Gasteiger partial charge in [0.05, 0.1) is 4.90 Å². The number of hydrogen-bond donors (Lipinski definition) is 2. The van der Waals surface area contributed by atoms with E-state index in [1.54, 1.807) is 12.1 Å². The maximum absolute atomic E-state index is 10.5. The van der Waals surface area contributed by atoms with Crippen molar-refractivity contribution in [3.63, 3.8) is 0 Å². The highest BCUT2D eigenvalue weighted by atomic mass is 32.2. The second kappa shape index (κ2) is 5.01. The summed E-state index contributed by atoms with van der Waals surface area (Å²) in [6.07, 6.45) is -0.749. The molecule has 2 rings (SSSR count). The van der Waals surface area contributed by atoms with Crippen LogP contribution < -0.4 is 4.74 Å². The molecule has 0 radical (unpaired) electrons. The Hall–Kier alpha value is -2.15. The van der Waals surface area contributed by atoms with E-state index in [2.05, 4.69) is 9.47 Å². The lowest BCUT2D eigenvalue weighted by molar-refractivity contribution is 0.125. The van der Waals surface area contributed by atoms with Gasteiger partial charge < -0.3 is 19.7 Å². The van der Waals surface area contributed by atoms with Crippen LogP contribution in [0.15, 0.2) is 34.3 Å². The van der Waals surface area contributed by atoms with Gasteiger partial charge in [0.25, 0.3) is 0 Å². The van der Waals surface area contributed by atoms with Crippen LogP contribution in [0.1, 0.15) is 5.56 Å². The first-order chi connectivity index (χ1) is 8.56. The summed E-state index contributed by atoms with van der Waals surface area (Å²) in [5.74, 6) is 0.171. The maximum Gasteiger partial charge on any atom is 0.511 e. The first kappa shape index (κ1) is 12.3. The number of carbonyl (C=O) groups is 2. The summed E-state index contributed by atoms with van der Waals surface area (Å²) in [7, 11) is 0. The highest BCUT2D eigenvalue weighted by Crippen LogP contribution is 2.41. The van der Waals surface area contributed by atoms with Crippen LogP contribution in [0.2, 0.25) is 0 Å². The van der Waals surface area contributed by atoms with Crippen molar-refractivity contribution >= 4 is 24.1 Å². The molecule has 1 aromatic carbocycles. The predicted molar refractivity (Wildman–Crippen MR) is 61.8 cm³/mol. The summed E-state index contributed by atoms with van der Waals surface area (Å²) < 4.78 is 9.18. The minimum atomic E-state index is -1.42. The van der Waals surface area contributed by atoms with Gasteiger partial charge in [-0.3, -0.25) is 0 Å². The smallest absolute Gasteiger partial charge is 0.449 e. The Morgan fingerprint density at radius 1 is 1.17 bits per heavy atom. The third-order valence-corrected chi connectivity index (χ3v) is 3.26. The van der Waals surface area contributed by atoms with E-state index < -0.39 is 12.3 Å². The Labute approximate surface area is 106 Å². The van der Waals surface area contributed by atoms with Crippen LogP contribution in [0.5, 0.6) is 5.75 Å². The molecule has 0 atom stereocenters. The fourth-order valence-electron chi connectivity index (χ4n) is 1.50. The Kier molecular flexibility index (Phi) is 3.42. The van der Waals surface area contributed by atoms with Crippen molar-refractivity contribution in [2.24, 2.45) is 0 Å². The average Bonchev–Trinajstić information content (AvgIpc) is 2.28. The summed E-state index contributed by atoms with van der Waals surface area (Å²) in [6.45, 7) is 0. The second-order valence-corrected chi connectivity index (χ2v) is 4.32. The molecule has 1 aliphatic heterocycles. The van der Waals surface area contributed by atoms with Crippen molar-refractivity contribution in [3.8, 4) is 5.75 Å². The van der Waals surface area contributed by atoms with Crippen LogP contribution in [0, 0.1) is 0 Å². The van der Waals surface area contributed by atoms with Gasteiger partial charge >= 0.3 is 12.3 Å². The molecule has 0 unspecified atom stereocenters. The number of thioether (sulfide) groups is 1.